The van der Waals surface area contributed by atoms with Gasteiger partial charge in [-0.3, -0.25) is 14.2 Å². The average molecular weight is 421 g/mol. The fraction of sp³-hybridized carbons (Fsp3) is 0.467. The third-order valence-electron chi connectivity index (χ3n) is 2.69. The number of hydrogen-bond acceptors (Lipinski definition) is 5. The van der Waals surface area contributed by atoms with Crippen LogP contribution in [-0.2, 0) is 18.4 Å². The van der Waals surface area contributed by atoms with E-state index in [0.717, 1.165) is 0 Å². The molecule has 2 amide bonds. The van der Waals surface area contributed by atoms with Crippen LogP contribution in [0.2, 0.25) is 0 Å². The summed E-state index contributed by atoms with van der Waals surface area (Å²) >= 11 is 3.25. The number of primary amides is 1. The van der Waals surface area contributed by atoms with Gasteiger partial charge in [-0.2, -0.15) is 0 Å². The fourth-order valence-corrected chi connectivity index (χ4v) is 4.41. The van der Waals surface area contributed by atoms with Crippen LogP contribution in [0.3, 0.4) is 0 Å². The van der Waals surface area contributed by atoms with Gasteiger partial charge in [0.2, 0.25) is 5.78 Å². The van der Waals surface area contributed by atoms with Crippen LogP contribution in [0, 0.1) is 0 Å². The summed E-state index contributed by atoms with van der Waals surface area (Å²) in [5, 5.41) is 2.37. The van der Waals surface area contributed by atoms with E-state index in [4.69, 9.17) is 14.8 Å². The zero-order valence-corrected chi connectivity index (χ0v) is 16.5. The van der Waals surface area contributed by atoms with Crippen LogP contribution >= 0.6 is 23.5 Å². The van der Waals surface area contributed by atoms with Crippen LogP contribution in [0.25, 0.3) is 0 Å². The summed E-state index contributed by atoms with van der Waals surface area (Å²) in [4.78, 5) is 24.2. The van der Waals surface area contributed by atoms with Crippen LogP contribution in [0.1, 0.15) is 38.1 Å². The standard InChI is InChI=1S/C15H22BrN2O5P/c1-9(2)22-24(21,23-10(3)4)15(13(17)19)18-14(20)11-7-5-6-8-12(11)16/h5-10,15H,1-4H3,(H2,17,19)(H,18,20)/t15-/m0/s1. The maximum Gasteiger partial charge on any atom is 0.362 e. The van der Waals surface area contributed by atoms with Crippen molar-refractivity contribution in [2.45, 2.75) is 45.7 Å². The van der Waals surface area contributed by atoms with Gasteiger partial charge in [0.25, 0.3) is 11.8 Å². The highest BCUT2D eigenvalue weighted by Crippen LogP contribution is 2.54. The zero-order valence-electron chi connectivity index (χ0n) is 14.0. The number of amides is 2. The van der Waals surface area contributed by atoms with E-state index < -0.39 is 37.4 Å². The normalized spacial score (nSPS) is 13.1. The molecule has 7 nitrogen and oxygen atoms in total. The van der Waals surface area contributed by atoms with Crippen molar-refractivity contribution in [3.05, 3.63) is 34.3 Å². The van der Waals surface area contributed by atoms with Gasteiger partial charge < -0.3 is 20.1 Å². The third-order valence-corrected chi connectivity index (χ3v) is 5.83. The van der Waals surface area contributed by atoms with Gasteiger partial charge >= 0.3 is 7.60 Å². The van der Waals surface area contributed by atoms with Crippen LogP contribution in [0.5, 0.6) is 0 Å². The summed E-state index contributed by atoms with van der Waals surface area (Å²) in [6.07, 6.45) is -0.978. The van der Waals surface area contributed by atoms with Crippen molar-refractivity contribution in [2.75, 3.05) is 0 Å². The van der Waals surface area contributed by atoms with Crippen molar-refractivity contribution in [1.29, 1.82) is 0 Å². The summed E-state index contributed by atoms with van der Waals surface area (Å²) < 4.78 is 24.3. The summed E-state index contributed by atoms with van der Waals surface area (Å²) in [6.45, 7) is 6.57. The highest BCUT2D eigenvalue weighted by atomic mass is 79.9. The molecule has 0 saturated carbocycles. The summed E-state index contributed by atoms with van der Waals surface area (Å²) in [6, 6.07) is 6.62. The van der Waals surface area contributed by atoms with Crippen molar-refractivity contribution in [3.63, 3.8) is 0 Å². The first-order valence-corrected chi connectivity index (χ1v) is 9.78. The second kappa shape index (κ2) is 8.76. The molecule has 1 atom stereocenters. The smallest absolute Gasteiger partial charge is 0.362 e. The van der Waals surface area contributed by atoms with Gasteiger partial charge in [-0.1, -0.05) is 12.1 Å². The minimum atomic E-state index is -4.01. The molecule has 1 rings (SSSR count). The number of carbonyl (C=O) groups is 2. The zero-order chi connectivity index (χ0) is 18.5. The Morgan fingerprint density at radius 3 is 2.04 bits per heavy atom. The number of carbonyl (C=O) groups excluding carboxylic acids is 2. The predicted molar refractivity (Wildman–Crippen MR) is 94.6 cm³/mol. The second-order valence-corrected chi connectivity index (χ2v) is 8.48. The molecule has 0 saturated heterocycles. The predicted octanol–water partition coefficient (Wildman–Crippen LogP) is 3.03. The molecule has 0 aliphatic heterocycles. The Kier molecular flexibility index (Phi) is 7.60. The lowest BCUT2D eigenvalue weighted by Gasteiger charge is -2.28. The number of rotatable bonds is 8. The van der Waals surface area contributed by atoms with Crippen LogP contribution in [-0.4, -0.2) is 29.8 Å². The van der Waals surface area contributed by atoms with E-state index >= 15 is 0 Å². The number of nitrogens with two attached hydrogens (primary N) is 1. The van der Waals surface area contributed by atoms with E-state index in [9.17, 15) is 14.2 Å². The fourth-order valence-electron chi connectivity index (χ4n) is 1.89. The van der Waals surface area contributed by atoms with Gasteiger partial charge in [-0.25, -0.2) is 0 Å². The molecule has 0 unspecified atom stereocenters. The van der Waals surface area contributed by atoms with Crippen LogP contribution in [0.15, 0.2) is 28.7 Å². The molecular formula is C15H22BrN2O5P. The van der Waals surface area contributed by atoms with Crippen molar-refractivity contribution >= 4 is 35.3 Å². The third kappa shape index (κ3) is 5.70. The number of benzene rings is 1. The van der Waals surface area contributed by atoms with Gasteiger partial charge in [0, 0.05) is 4.47 Å². The molecule has 1 aromatic carbocycles. The largest absolute Gasteiger partial charge is 0.367 e. The first-order valence-electron chi connectivity index (χ1n) is 7.38. The lowest BCUT2D eigenvalue weighted by molar-refractivity contribution is -0.118. The molecule has 3 N–H and O–H groups in total. The Bertz CT molecular complexity index is 637. The quantitative estimate of drug-likeness (QED) is 0.628. The maximum atomic E-state index is 13.1. The van der Waals surface area contributed by atoms with E-state index in [-0.39, 0.29) is 5.56 Å². The summed E-state index contributed by atoms with van der Waals surface area (Å²) in [5.74, 6) is -3.21. The van der Waals surface area contributed by atoms with E-state index in [1.165, 1.54) is 0 Å². The van der Waals surface area contributed by atoms with E-state index in [0.29, 0.717) is 4.47 Å². The highest BCUT2D eigenvalue weighted by molar-refractivity contribution is 9.10. The van der Waals surface area contributed by atoms with Gasteiger partial charge in [-0.05, 0) is 55.8 Å². The Morgan fingerprint density at radius 2 is 1.62 bits per heavy atom. The number of nitrogens with one attached hydrogen (secondary N) is 1. The molecule has 0 aliphatic carbocycles. The van der Waals surface area contributed by atoms with E-state index in [1.54, 1.807) is 52.0 Å². The molecule has 9 heteroatoms. The molecule has 0 heterocycles. The van der Waals surface area contributed by atoms with Gasteiger partial charge in [-0.15, -0.1) is 0 Å². The Labute approximate surface area is 149 Å². The molecule has 0 spiro atoms. The Morgan fingerprint density at radius 1 is 1.12 bits per heavy atom. The Balaban J connectivity index is 3.15. The van der Waals surface area contributed by atoms with Gasteiger partial charge in [0.05, 0.1) is 17.8 Å². The summed E-state index contributed by atoms with van der Waals surface area (Å²) in [7, 11) is -4.01. The topological polar surface area (TPSA) is 108 Å². The first kappa shape index (κ1) is 20.8. The molecule has 0 fully saturated rings. The minimum Gasteiger partial charge on any atom is -0.367 e. The monoisotopic (exact) mass is 420 g/mol. The first-order chi connectivity index (χ1) is 11.1. The van der Waals surface area contributed by atoms with E-state index in [1.807, 2.05) is 0 Å². The molecule has 0 radical (unpaired) electrons. The molecule has 0 aliphatic rings. The molecular weight excluding hydrogens is 399 g/mol. The van der Waals surface area contributed by atoms with Crippen LogP contribution < -0.4 is 11.1 Å². The molecule has 0 aromatic heterocycles. The van der Waals surface area contributed by atoms with Gasteiger partial charge in [0.1, 0.15) is 0 Å². The molecule has 134 valence electrons. The minimum absolute atomic E-state index is 0.268. The second-order valence-electron chi connectivity index (χ2n) is 5.61. The molecule has 1 aromatic rings. The van der Waals surface area contributed by atoms with Crippen LogP contribution in [0.4, 0.5) is 0 Å². The highest BCUT2D eigenvalue weighted by Gasteiger charge is 2.43. The van der Waals surface area contributed by atoms with Gasteiger partial charge in [0.15, 0.2) is 0 Å². The van der Waals surface area contributed by atoms with Crippen molar-refractivity contribution in [1.82, 2.24) is 5.32 Å². The van der Waals surface area contributed by atoms with Crippen molar-refractivity contribution in [2.24, 2.45) is 5.73 Å². The SMILES string of the molecule is CC(C)OP(=O)(OC(C)C)[C@H](NC(=O)c1ccccc1Br)C(N)=O. The Hall–Kier alpha value is -1.21. The lowest BCUT2D eigenvalue weighted by Crippen LogP contribution is -2.45. The van der Waals surface area contributed by atoms with E-state index in [2.05, 4.69) is 21.2 Å². The number of hydrogen-bond donors (Lipinski definition) is 2. The van der Waals surface area contributed by atoms with Crippen molar-refractivity contribution < 1.29 is 23.2 Å². The number of halogens is 1. The maximum absolute atomic E-state index is 13.1. The van der Waals surface area contributed by atoms with Crippen molar-refractivity contribution in [3.8, 4) is 0 Å². The summed E-state index contributed by atoms with van der Waals surface area (Å²) in [5.41, 5.74) is 5.61. The lowest BCUT2D eigenvalue weighted by atomic mass is 10.2. The molecule has 24 heavy (non-hydrogen) atoms. The molecule has 0 bridgehead atoms. The average Bonchev–Trinajstić information content (AvgIpc) is 2.42.